The van der Waals surface area contributed by atoms with Crippen molar-refractivity contribution in [3.05, 3.63) is 70.9 Å². The standard InChI is InChI=1S/C28H33F3N8O/c1-18-15-24(37-36-18)34-25(35-27(32)28(30,31)20-5-7-21(29)8-6-20)23-16-19(17-33-23)26(40)39-13-9-22(10-14-39)38-11-3-2-4-12-38/h5-8,15-17,22,33H,2-4,9-14H2,1H3,(H3,32,34,35,36,37). The van der Waals surface area contributed by atoms with E-state index in [1.165, 1.54) is 31.5 Å². The van der Waals surface area contributed by atoms with Gasteiger partial charge in [0.1, 0.15) is 5.82 Å². The summed E-state index contributed by atoms with van der Waals surface area (Å²) in [6.07, 6.45) is 7.12. The summed E-state index contributed by atoms with van der Waals surface area (Å²) in [5.41, 5.74) is 6.58. The van der Waals surface area contributed by atoms with E-state index >= 15 is 8.78 Å². The molecule has 0 spiro atoms. The van der Waals surface area contributed by atoms with Crippen molar-refractivity contribution in [2.24, 2.45) is 15.7 Å². The molecule has 4 N–H and O–H groups in total. The number of carbonyl (C=O) groups excluding carboxylic acids is 1. The molecule has 2 aliphatic rings. The Bertz CT molecular complexity index is 1380. The molecular formula is C28H33F3N8O. The van der Waals surface area contributed by atoms with Gasteiger partial charge in [-0.25, -0.2) is 14.4 Å². The van der Waals surface area contributed by atoms with Crippen molar-refractivity contribution in [3.8, 4) is 0 Å². The summed E-state index contributed by atoms with van der Waals surface area (Å²) in [4.78, 5) is 28.9. The van der Waals surface area contributed by atoms with Crippen molar-refractivity contribution < 1.29 is 18.0 Å². The van der Waals surface area contributed by atoms with E-state index in [9.17, 15) is 9.18 Å². The Morgan fingerprint density at radius 1 is 1.07 bits per heavy atom. The summed E-state index contributed by atoms with van der Waals surface area (Å²) in [5.74, 6) is -5.49. The van der Waals surface area contributed by atoms with Gasteiger partial charge >= 0.3 is 5.92 Å². The third-order valence-electron chi connectivity index (χ3n) is 7.50. The van der Waals surface area contributed by atoms with Crippen LogP contribution >= 0.6 is 0 Å². The number of carbonyl (C=O) groups is 1. The number of nitrogens with zero attached hydrogens (tertiary/aromatic N) is 5. The second kappa shape index (κ2) is 11.7. The van der Waals surface area contributed by atoms with Gasteiger partial charge in [0.05, 0.1) is 11.3 Å². The molecule has 2 fully saturated rings. The zero-order valence-corrected chi connectivity index (χ0v) is 22.3. The third kappa shape index (κ3) is 6.11. The van der Waals surface area contributed by atoms with E-state index in [1.54, 1.807) is 13.0 Å². The van der Waals surface area contributed by atoms with E-state index < -0.39 is 23.1 Å². The molecule has 212 valence electrons. The number of amidine groups is 2. The van der Waals surface area contributed by atoms with Gasteiger partial charge in [-0.05, 0) is 76.0 Å². The van der Waals surface area contributed by atoms with E-state index in [2.05, 4.69) is 30.1 Å². The summed E-state index contributed by atoms with van der Waals surface area (Å²) >= 11 is 0. The number of alkyl halides is 2. The SMILES string of the molecule is Cc1cc(N=C(N=C(N)C(F)(F)c2ccc(F)cc2)c2cc(C(=O)N3CCC(N4CCCCC4)CC3)c[nH]2)n[nH]1. The van der Waals surface area contributed by atoms with Gasteiger partial charge < -0.3 is 20.5 Å². The van der Waals surface area contributed by atoms with Gasteiger partial charge in [0.2, 0.25) is 0 Å². The lowest BCUT2D eigenvalue weighted by Crippen LogP contribution is -2.48. The number of aryl methyl sites for hydroxylation is 1. The van der Waals surface area contributed by atoms with Gasteiger partial charge in [-0.1, -0.05) is 6.42 Å². The van der Waals surface area contributed by atoms with Crippen LogP contribution in [-0.4, -0.2) is 74.8 Å². The van der Waals surface area contributed by atoms with E-state index in [0.717, 1.165) is 50.2 Å². The van der Waals surface area contributed by atoms with Crippen molar-refractivity contribution in [1.29, 1.82) is 0 Å². The topological polar surface area (TPSA) is 119 Å². The molecule has 0 unspecified atom stereocenters. The first kappa shape index (κ1) is 27.6. The average molecular weight is 555 g/mol. The van der Waals surface area contributed by atoms with Crippen LogP contribution in [0.5, 0.6) is 0 Å². The Balaban J connectivity index is 1.36. The summed E-state index contributed by atoms with van der Waals surface area (Å²) in [6.45, 7) is 5.33. The lowest BCUT2D eigenvalue weighted by molar-refractivity contribution is 0.0590. The molecule has 5 rings (SSSR count). The zero-order valence-electron chi connectivity index (χ0n) is 22.3. The van der Waals surface area contributed by atoms with Crippen LogP contribution in [0.1, 0.15) is 59.4 Å². The zero-order chi connectivity index (χ0) is 28.3. The van der Waals surface area contributed by atoms with Gasteiger partial charge in [0.15, 0.2) is 17.5 Å². The maximum atomic E-state index is 15.1. The van der Waals surface area contributed by atoms with Crippen LogP contribution in [-0.2, 0) is 5.92 Å². The number of rotatable bonds is 6. The fourth-order valence-electron chi connectivity index (χ4n) is 5.25. The summed E-state index contributed by atoms with van der Waals surface area (Å²) in [6, 6.07) is 7.40. The number of hydrogen-bond donors (Lipinski definition) is 3. The number of likely N-dealkylation sites (tertiary alicyclic amines) is 2. The van der Waals surface area contributed by atoms with E-state index in [0.29, 0.717) is 30.4 Å². The fourth-order valence-corrected chi connectivity index (χ4v) is 5.25. The number of aromatic nitrogens is 3. The van der Waals surface area contributed by atoms with Crippen molar-refractivity contribution in [2.75, 3.05) is 26.2 Å². The van der Waals surface area contributed by atoms with Gasteiger partial charge in [-0.2, -0.15) is 13.9 Å². The predicted octanol–water partition coefficient (Wildman–Crippen LogP) is 4.50. The summed E-state index contributed by atoms with van der Waals surface area (Å²) in [5, 5.41) is 6.77. The number of aliphatic imine (C=N–C) groups is 2. The molecule has 0 bridgehead atoms. The summed E-state index contributed by atoms with van der Waals surface area (Å²) in [7, 11) is 0. The number of nitrogens with one attached hydrogen (secondary N) is 2. The molecule has 2 aromatic heterocycles. The smallest absolute Gasteiger partial charge is 0.329 e. The molecule has 40 heavy (non-hydrogen) atoms. The first-order chi connectivity index (χ1) is 19.2. The molecule has 0 atom stereocenters. The van der Waals surface area contributed by atoms with Crippen molar-refractivity contribution in [1.82, 2.24) is 25.0 Å². The van der Waals surface area contributed by atoms with Gasteiger partial charge in [-0.3, -0.25) is 9.89 Å². The number of piperidine rings is 2. The lowest BCUT2D eigenvalue weighted by atomic mass is 9.99. The highest BCUT2D eigenvalue weighted by Gasteiger charge is 2.37. The van der Waals surface area contributed by atoms with Crippen LogP contribution in [0.15, 0.2) is 52.6 Å². The third-order valence-corrected chi connectivity index (χ3v) is 7.50. The highest BCUT2D eigenvalue weighted by atomic mass is 19.3. The minimum atomic E-state index is -3.69. The lowest BCUT2D eigenvalue weighted by Gasteiger charge is -2.40. The Morgan fingerprint density at radius 3 is 2.42 bits per heavy atom. The number of aromatic amines is 2. The van der Waals surface area contributed by atoms with Crippen molar-refractivity contribution >= 4 is 23.4 Å². The van der Waals surface area contributed by atoms with Gasteiger partial charge in [0, 0.05) is 42.7 Å². The van der Waals surface area contributed by atoms with Crippen LogP contribution in [0.3, 0.4) is 0 Å². The second-order valence-corrected chi connectivity index (χ2v) is 10.3. The monoisotopic (exact) mass is 554 g/mol. The molecule has 2 aliphatic heterocycles. The van der Waals surface area contributed by atoms with Crippen LogP contribution in [0.4, 0.5) is 19.0 Å². The number of amides is 1. The van der Waals surface area contributed by atoms with Crippen LogP contribution in [0.2, 0.25) is 0 Å². The van der Waals surface area contributed by atoms with E-state index in [1.807, 2.05) is 4.90 Å². The minimum Gasteiger partial charge on any atom is -0.382 e. The maximum Gasteiger partial charge on any atom is 0.329 e. The largest absolute Gasteiger partial charge is 0.382 e. The molecule has 4 heterocycles. The quantitative estimate of drug-likeness (QED) is 0.307. The van der Waals surface area contributed by atoms with Crippen molar-refractivity contribution in [3.63, 3.8) is 0 Å². The molecule has 12 heteroatoms. The molecule has 1 amide bonds. The average Bonchev–Trinajstić information content (AvgIpc) is 3.62. The van der Waals surface area contributed by atoms with E-state index in [-0.39, 0.29) is 23.3 Å². The highest BCUT2D eigenvalue weighted by molar-refractivity contribution is 6.09. The molecule has 9 nitrogen and oxygen atoms in total. The maximum absolute atomic E-state index is 15.1. The normalized spacial score (nSPS) is 18.4. The predicted molar refractivity (Wildman–Crippen MR) is 147 cm³/mol. The fraction of sp³-hybridized carbons (Fsp3) is 0.429. The molecule has 2 saturated heterocycles. The molecule has 0 radical (unpaired) electrons. The highest BCUT2D eigenvalue weighted by Crippen LogP contribution is 2.29. The Kier molecular flexibility index (Phi) is 8.06. The Morgan fingerprint density at radius 2 is 1.77 bits per heavy atom. The molecule has 0 saturated carbocycles. The molecule has 0 aliphatic carbocycles. The van der Waals surface area contributed by atoms with Crippen LogP contribution in [0.25, 0.3) is 0 Å². The van der Waals surface area contributed by atoms with Crippen molar-refractivity contribution in [2.45, 2.75) is 51.0 Å². The number of nitrogens with two attached hydrogens (primary N) is 1. The number of hydrogen-bond acceptors (Lipinski definition) is 4. The van der Waals surface area contributed by atoms with Crippen LogP contribution in [0, 0.1) is 12.7 Å². The first-order valence-corrected chi connectivity index (χ1v) is 13.5. The molecule has 1 aromatic carbocycles. The minimum absolute atomic E-state index is 0.150. The van der Waals surface area contributed by atoms with Crippen LogP contribution < -0.4 is 5.73 Å². The van der Waals surface area contributed by atoms with E-state index in [4.69, 9.17) is 5.73 Å². The number of H-pyrrole nitrogens is 2. The number of benzene rings is 1. The first-order valence-electron chi connectivity index (χ1n) is 13.5. The number of halogens is 3. The Hall–Kier alpha value is -3.93. The molecule has 3 aromatic rings. The van der Waals surface area contributed by atoms with Gasteiger partial charge in [0.25, 0.3) is 5.91 Å². The second-order valence-electron chi connectivity index (χ2n) is 10.3. The molecular weight excluding hydrogens is 521 g/mol. The Labute approximate surface area is 230 Å². The van der Waals surface area contributed by atoms with Gasteiger partial charge in [-0.15, -0.1) is 0 Å². The summed E-state index contributed by atoms with van der Waals surface area (Å²) < 4.78 is 43.5.